The molecule has 0 spiro atoms. The Hall–Kier alpha value is -3.52. The highest BCUT2D eigenvalue weighted by molar-refractivity contribution is 6.31. The molecule has 0 radical (unpaired) electrons. The van der Waals surface area contributed by atoms with Crippen LogP contribution < -0.4 is 10.6 Å². The van der Waals surface area contributed by atoms with Gasteiger partial charge in [-0.2, -0.15) is 13.2 Å². The summed E-state index contributed by atoms with van der Waals surface area (Å²) in [5.74, 6) is -1.75. The molecule has 0 saturated carbocycles. The number of unbranched alkanes of at least 4 members (excludes halogenated alkanes) is 3. The number of carbonyl (C=O) groups excluding carboxylic acids is 1. The molecule has 3 N–H and O–H groups in total. The highest BCUT2D eigenvalue weighted by Gasteiger charge is 2.30. The van der Waals surface area contributed by atoms with Gasteiger partial charge < -0.3 is 15.7 Å². The predicted octanol–water partition coefficient (Wildman–Crippen LogP) is 7.44. The summed E-state index contributed by atoms with van der Waals surface area (Å²) in [7, 11) is 0. The van der Waals surface area contributed by atoms with Gasteiger partial charge in [0.1, 0.15) is 6.04 Å². The number of halogens is 4. The fraction of sp³-hybridized carbons (Fsp3) is 0.310. The molecule has 0 aliphatic heterocycles. The molecule has 1 atom stereocenters. The molecular weight excluding hydrogens is 517 g/mol. The smallest absolute Gasteiger partial charge is 0.416 e. The van der Waals surface area contributed by atoms with Gasteiger partial charge in [-0.15, -0.1) is 0 Å². The number of anilines is 1. The second-order valence-corrected chi connectivity index (χ2v) is 9.45. The third-order valence-electron chi connectivity index (χ3n) is 6.11. The van der Waals surface area contributed by atoms with Gasteiger partial charge in [0.15, 0.2) is 0 Å². The number of benzene rings is 3. The van der Waals surface area contributed by atoms with Gasteiger partial charge >= 0.3 is 12.1 Å². The summed E-state index contributed by atoms with van der Waals surface area (Å²) in [5.41, 5.74) is 2.04. The minimum atomic E-state index is -4.41. The first-order chi connectivity index (χ1) is 18.1. The van der Waals surface area contributed by atoms with Gasteiger partial charge in [0.25, 0.3) is 5.91 Å². The number of amides is 1. The molecular formula is C29H30ClF3N2O3. The van der Waals surface area contributed by atoms with Crippen molar-refractivity contribution in [2.24, 2.45) is 0 Å². The zero-order valence-corrected chi connectivity index (χ0v) is 21.7. The third kappa shape index (κ3) is 8.25. The number of rotatable bonds is 12. The third-order valence-corrected chi connectivity index (χ3v) is 6.35. The Bertz CT molecular complexity index is 1230. The van der Waals surface area contributed by atoms with Crippen LogP contribution in [0.3, 0.4) is 0 Å². The van der Waals surface area contributed by atoms with Crippen molar-refractivity contribution in [1.82, 2.24) is 5.32 Å². The van der Waals surface area contributed by atoms with Gasteiger partial charge in [0, 0.05) is 23.7 Å². The molecule has 0 aliphatic rings. The van der Waals surface area contributed by atoms with Crippen LogP contribution in [0.1, 0.15) is 54.1 Å². The summed E-state index contributed by atoms with van der Waals surface area (Å²) >= 11 is 6.11. The van der Waals surface area contributed by atoms with Crippen molar-refractivity contribution in [3.63, 3.8) is 0 Å². The van der Waals surface area contributed by atoms with Gasteiger partial charge in [-0.1, -0.05) is 74.2 Å². The molecule has 1 unspecified atom stereocenters. The molecule has 9 heteroatoms. The first-order valence-electron chi connectivity index (χ1n) is 12.4. The molecule has 5 nitrogen and oxygen atoms in total. The van der Waals surface area contributed by atoms with Crippen LogP contribution in [-0.4, -0.2) is 29.6 Å². The van der Waals surface area contributed by atoms with E-state index in [1.165, 1.54) is 18.2 Å². The average Bonchev–Trinajstić information content (AvgIpc) is 2.88. The molecule has 3 aromatic carbocycles. The van der Waals surface area contributed by atoms with Crippen molar-refractivity contribution in [1.29, 1.82) is 0 Å². The van der Waals surface area contributed by atoms with E-state index in [0.29, 0.717) is 33.9 Å². The molecule has 3 rings (SSSR count). The molecule has 0 saturated heterocycles. The van der Waals surface area contributed by atoms with E-state index < -0.39 is 29.7 Å². The maximum atomic E-state index is 13.0. The fourth-order valence-corrected chi connectivity index (χ4v) is 4.16. The van der Waals surface area contributed by atoms with Crippen molar-refractivity contribution >= 4 is 29.2 Å². The van der Waals surface area contributed by atoms with E-state index in [1.54, 1.807) is 36.4 Å². The number of carboxylic acid groups (broad SMARTS) is 1. The molecule has 1 amide bonds. The summed E-state index contributed by atoms with van der Waals surface area (Å²) in [6.45, 7) is 2.80. The lowest BCUT2D eigenvalue weighted by molar-refractivity contribution is -0.139. The summed E-state index contributed by atoms with van der Waals surface area (Å²) < 4.78 is 38.4. The van der Waals surface area contributed by atoms with Crippen LogP contribution in [0.4, 0.5) is 18.9 Å². The van der Waals surface area contributed by atoms with Crippen molar-refractivity contribution in [3.8, 4) is 11.1 Å². The Labute approximate surface area is 225 Å². The van der Waals surface area contributed by atoms with Crippen molar-refractivity contribution < 1.29 is 27.9 Å². The summed E-state index contributed by atoms with van der Waals surface area (Å²) in [4.78, 5) is 25.0. The molecule has 0 heterocycles. The molecule has 38 heavy (non-hydrogen) atoms. The Morgan fingerprint density at radius 2 is 1.55 bits per heavy atom. The van der Waals surface area contributed by atoms with Crippen LogP contribution in [0.5, 0.6) is 0 Å². The van der Waals surface area contributed by atoms with E-state index in [2.05, 4.69) is 17.6 Å². The second-order valence-electron chi connectivity index (χ2n) is 9.02. The van der Waals surface area contributed by atoms with Crippen LogP contribution >= 0.6 is 11.6 Å². The van der Waals surface area contributed by atoms with Gasteiger partial charge in [-0.05, 0) is 53.4 Å². The Morgan fingerprint density at radius 3 is 2.13 bits per heavy atom. The lowest BCUT2D eigenvalue weighted by Crippen LogP contribution is -2.42. The van der Waals surface area contributed by atoms with Crippen molar-refractivity contribution in [3.05, 3.63) is 88.4 Å². The standard InChI is InChI=1S/C29H30ClF3N2O3/c1-2-3-4-5-16-34-25-15-14-23(30)18-24(25)27(36)35-26(28(37)38)17-19-6-8-20(9-7-19)21-10-12-22(13-11-21)29(31,32)33/h6-15,18,26,34H,2-5,16-17H2,1H3,(H,35,36)(H,37,38). The molecule has 3 aromatic rings. The normalized spacial score (nSPS) is 12.1. The van der Waals surface area contributed by atoms with Crippen LogP contribution in [0.15, 0.2) is 66.7 Å². The first kappa shape index (κ1) is 29.0. The number of carbonyl (C=O) groups is 2. The van der Waals surface area contributed by atoms with Crippen LogP contribution in [0, 0.1) is 0 Å². The number of nitrogens with one attached hydrogen (secondary N) is 2. The maximum Gasteiger partial charge on any atom is 0.416 e. The highest BCUT2D eigenvalue weighted by Crippen LogP contribution is 2.31. The average molecular weight is 547 g/mol. The highest BCUT2D eigenvalue weighted by atomic mass is 35.5. The first-order valence-corrected chi connectivity index (χ1v) is 12.8. The Morgan fingerprint density at radius 1 is 0.921 bits per heavy atom. The van der Waals surface area contributed by atoms with Gasteiger partial charge in [0.05, 0.1) is 11.1 Å². The van der Waals surface area contributed by atoms with E-state index in [-0.39, 0.29) is 12.0 Å². The number of hydrogen-bond donors (Lipinski definition) is 3. The van der Waals surface area contributed by atoms with Gasteiger partial charge in [-0.3, -0.25) is 4.79 Å². The lowest BCUT2D eigenvalue weighted by Gasteiger charge is -2.17. The second kappa shape index (κ2) is 13.3. The molecule has 0 bridgehead atoms. The van der Waals surface area contributed by atoms with Crippen molar-refractivity contribution in [2.75, 3.05) is 11.9 Å². The SMILES string of the molecule is CCCCCCNc1ccc(Cl)cc1C(=O)NC(Cc1ccc(-c2ccc(C(F)(F)F)cc2)cc1)C(=O)O. The molecule has 0 aromatic heterocycles. The quantitative estimate of drug-likeness (QED) is 0.206. The van der Waals surface area contributed by atoms with E-state index in [9.17, 15) is 27.9 Å². The zero-order valence-electron chi connectivity index (χ0n) is 20.9. The molecule has 0 fully saturated rings. The number of alkyl halides is 3. The van der Waals surface area contributed by atoms with Crippen LogP contribution in [0.2, 0.25) is 5.02 Å². The minimum Gasteiger partial charge on any atom is -0.480 e. The number of aliphatic carboxylic acids is 1. The molecule has 202 valence electrons. The van der Waals surface area contributed by atoms with Crippen LogP contribution in [-0.2, 0) is 17.4 Å². The predicted molar refractivity (Wildman–Crippen MR) is 144 cm³/mol. The lowest BCUT2D eigenvalue weighted by atomic mass is 9.99. The number of carboxylic acids is 1. The summed E-state index contributed by atoms with van der Waals surface area (Å²) in [5, 5.41) is 15.9. The Kier molecular flexibility index (Phi) is 10.2. The largest absolute Gasteiger partial charge is 0.480 e. The zero-order chi connectivity index (χ0) is 27.7. The topological polar surface area (TPSA) is 78.4 Å². The molecule has 0 aliphatic carbocycles. The fourth-order valence-electron chi connectivity index (χ4n) is 3.99. The van der Waals surface area contributed by atoms with E-state index in [1.807, 2.05) is 0 Å². The van der Waals surface area contributed by atoms with Crippen molar-refractivity contribution in [2.45, 2.75) is 51.2 Å². The Balaban J connectivity index is 1.68. The monoisotopic (exact) mass is 546 g/mol. The van der Waals surface area contributed by atoms with Gasteiger partial charge in [0.2, 0.25) is 0 Å². The van der Waals surface area contributed by atoms with Gasteiger partial charge in [-0.25, -0.2) is 4.79 Å². The maximum absolute atomic E-state index is 13.0. The summed E-state index contributed by atoms with van der Waals surface area (Å²) in [6, 6.07) is 15.3. The minimum absolute atomic E-state index is 0.0225. The number of hydrogen-bond acceptors (Lipinski definition) is 3. The van der Waals surface area contributed by atoms with E-state index >= 15 is 0 Å². The van der Waals surface area contributed by atoms with Crippen LogP contribution in [0.25, 0.3) is 11.1 Å². The van der Waals surface area contributed by atoms with E-state index in [4.69, 9.17) is 11.6 Å². The summed E-state index contributed by atoms with van der Waals surface area (Å²) in [6.07, 6.45) is -0.136. The van der Waals surface area contributed by atoms with E-state index in [0.717, 1.165) is 37.8 Å².